The van der Waals surface area contributed by atoms with Crippen LogP contribution in [0.5, 0.6) is 0 Å². The monoisotopic (exact) mass is 449 g/mol. The Balaban J connectivity index is 2.83. The first-order chi connectivity index (χ1) is 15.1. The highest BCUT2D eigenvalue weighted by Gasteiger charge is 2.27. The summed E-state index contributed by atoms with van der Waals surface area (Å²) in [6.45, 7) is 3.66. The zero-order valence-electron chi connectivity index (χ0n) is 18.7. The molecule has 0 saturated heterocycles. The van der Waals surface area contributed by atoms with E-state index in [4.69, 9.17) is 11.5 Å². The first kappa shape index (κ1) is 27.1. The highest BCUT2D eigenvalue weighted by Crippen LogP contribution is 2.06. The number of carboxylic acid groups (broad SMARTS) is 1. The second-order valence-corrected chi connectivity index (χ2v) is 7.98. The molecule has 0 heterocycles. The van der Waals surface area contributed by atoms with Crippen LogP contribution in [0.25, 0.3) is 0 Å². The minimum Gasteiger partial charge on any atom is -0.480 e. The van der Waals surface area contributed by atoms with Crippen molar-refractivity contribution >= 4 is 23.7 Å². The number of rotatable bonds is 14. The molecule has 1 rings (SSSR count). The summed E-state index contributed by atoms with van der Waals surface area (Å²) in [6, 6.07) is 6.15. The average Bonchev–Trinajstić information content (AvgIpc) is 2.76. The number of amides is 3. The third-order valence-corrected chi connectivity index (χ3v) is 4.94. The molecule has 0 bridgehead atoms. The van der Waals surface area contributed by atoms with E-state index in [0.717, 1.165) is 5.56 Å². The minimum absolute atomic E-state index is 0.0955. The van der Waals surface area contributed by atoms with E-state index in [9.17, 15) is 24.3 Å². The number of carboxylic acids is 1. The predicted octanol–water partition coefficient (Wildman–Crippen LogP) is -0.488. The van der Waals surface area contributed by atoms with Crippen LogP contribution in [0.15, 0.2) is 30.3 Å². The SMILES string of the molecule is CC(C)[C@H](N)C(=O)NCC(=O)N[C@@H](Cc1ccccc1)C(=O)N[C@@H](CCCCN)C(=O)O. The van der Waals surface area contributed by atoms with Crippen molar-refractivity contribution in [3.8, 4) is 0 Å². The van der Waals surface area contributed by atoms with Gasteiger partial charge in [0.15, 0.2) is 0 Å². The number of benzene rings is 1. The van der Waals surface area contributed by atoms with Crippen LogP contribution in [0.4, 0.5) is 0 Å². The molecule has 0 radical (unpaired) electrons. The van der Waals surface area contributed by atoms with Gasteiger partial charge in [-0.2, -0.15) is 0 Å². The lowest BCUT2D eigenvalue weighted by atomic mass is 10.0. The van der Waals surface area contributed by atoms with Crippen LogP contribution >= 0.6 is 0 Å². The van der Waals surface area contributed by atoms with Gasteiger partial charge in [0.2, 0.25) is 17.7 Å². The number of carbonyl (C=O) groups excluding carboxylic acids is 3. The number of hydrogen-bond donors (Lipinski definition) is 6. The standard InChI is InChI=1S/C22H35N5O5/c1-14(2)19(24)21(30)25-13-18(28)26-17(12-15-8-4-3-5-9-15)20(29)27-16(22(31)32)10-6-7-11-23/h3-5,8-9,14,16-17,19H,6-7,10-13,23-24H2,1-2H3,(H,25,30)(H,26,28)(H,27,29)(H,31,32)/t16-,17-,19-/m0/s1. The second kappa shape index (κ2) is 14.2. The van der Waals surface area contributed by atoms with Crippen molar-refractivity contribution in [1.29, 1.82) is 0 Å². The van der Waals surface area contributed by atoms with Crippen LogP contribution in [0.1, 0.15) is 38.7 Å². The fourth-order valence-corrected chi connectivity index (χ4v) is 2.91. The molecule has 3 amide bonds. The molecule has 0 unspecified atom stereocenters. The fraction of sp³-hybridized carbons (Fsp3) is 0.545. The quantitative estimate of drug-likeness (QED) is 0.208. The molecule has 178 valence electrons. The lowest BCUT2D eigenvalue weighted by molar-refractivity contribution is -0.142. The van der Waals surface area contributed by atoms with E-state index in [1.54, 1.807) is 38.1 Å². The van der Waals surface area contributed by atoms with Crippen molar-refractivity contribution in [2.24, 2.45) is 17.4 Å². The summed E-state index contributed by atoms with van der Waals surface area (Å²) in [4.78, 5) is 48.8. The fourth-order valence-electron chi connectivity index (χ4n) is 2.91. The van der Waals surface area contributed by atoms with E-state index >= 15 is 0 Å². The Morgan fingerprint density at radius 2 is 1.62 bits per heavy atom. The lowest BCUT2D eigenvalue weighted by Crippen LogP contribution is -2.54. The molecule has 0 aliphatic rings. The number of carbonyl (C=O) groups is 4. The Bertz CT molecular complexity index is 756. The number of aliphatic carboxylic acids is 1. The maximum atomic E-state index is 12.8. The first-order valence-corrected chi connectivity index (χ1v) is 10.8. The Hall–Kier alpha value is -2.98. The van der Waals surface area contributed by atoms with Crippen molar-refractivity contribution in [2.75, 3.05) is 13.1 Å². The highest BCUT2D eigenvalue weighted by atomic mass is 16.4. The van der Waals surface area contributed by atoms with Gasteiger partial charge in [0.05, 0.1) is 12.6 Å². The maximum Gasteiger partial charge on any atom is 0.326 e. The van der Waals surface area contributed by atoms with E-state index in [1.165, 1.54) is 0 Å². The summed E-state index contributed by atoms with van der Waals surface area (Å²) in [5.74, 6) is -2.92. The molecular weight excluding hydrogens is 414 g/mol. The van der Waals surface area contributed by atoms with Crippen molar-refractivity contribution in [3.63, 3.8) is 0 Å². The Labute approximate surface area is 188 Å². The van der Waals surface area contributed by atoms with Crippen LogP contribution < -0.4 is 27.4 Å². The molecule has 0 fully saturated rings. The number of nitrogens with two attached hydrogens (primary N) is 2. The third-order valence-electron chi connectivity index (χ3n) is 4.94. The molecule has 0 saturated carbocycles. The van der Waals surface area contributed by atoms with Gasteiger partial charge in [0.25, 0.3) is 0 Å². The molecule has 3 atom stereocenters. The topological polar surface area (TPSA) is 177 Å². The van der Waals surface area contributed by atoms with Crippen molar-refractivity contribution in [1.82, 2.24) is 16.0 Å². The van der Waals surface area contributed by atoms with Gasteiger partial charge in [-0.15, -0.1) is 0 Å². The van der Waals surface area contributed by atoms with Crippen LogP contribution in [0, 0.1) is 5.92 Å². The van der Waals surface area contributed by atoms with Crippen molar-refractivity contribution in [2.45, 2.75) is 57.7 Å². The Morgan fingerprint density at radius 1 is 0.969 bits per heavy atom. The molecule has 8 N–H and O–H groups in total. The highest BCUT2D eigenvalue weighted by molar-refractivity contribution is 5.92. The average molecular weight is 450 g/mol. The van der Waals surface area contributed by atoms with E-state index in [0.29, 0.717) is 19.4 Å². The molecule has 1 aromatic carbocycles. The Morgan fingerprint density at radius 3 is 2.19 bits per heavy atom. The smallest absolute Gasteiger partial charge is 0.326 e. The first-order valence-electron chi connectivity index (χ1n) is 10.8. The number of unbranched alkanes of at least 4 members (excludes halogenated alkanes) is 1. The van der Waals surface area contributed by atoms with Crippen LogP contribution in [0.2, 0.25) is 0 Å². The lowest BCUT2D eigenvalue weighted by Gasteiger charge is -2.22. The van der Waals surface area contributed by atoms with E-state index in [-0.39, 0.29) is 25.3 Å². The van der Waals surface area contributed by atoms with Gasteiger partial charge in [-0.1, -0.05) is 44.2 Å². The van der Waals surface area contributed by atoms with Crippen LogP contribution in [-0.4, -0.2) is 60.0 Å². The van der Waals surface area contributed by atoms with Crippen LogP contribution in [0.3, 0.4) is 0 Å². The summed E-state index contributed by atoms with van der Waals surface area (Å²) < 4.78 is 0. The van der Waals surface area contributed by atoms with Gasteiger partial charge < -0.3 is 32.5 Å². The van der Waals surface area contributed by atoms with Gasteiger partial charge in [0, 0.05) is 6.42 Å². The summed E-state index contributed by atoms with van der Waals surface area (Å²) in [5, 5.41) is 17.0. The number of hydrogen-bond acceptors (Lipinski definition) is 6. The molecule has 0 aromatic heterocycles. The van der Waals surface area contributed by atoms with Gasteiger partial charge in [-0.3, -0.25) is 14.4 Å². The predicted molar refractivity (Wildman–Crippen MR) is 120 cm³/mol. The molecule has 0 aliphatic heterocycles. The van der Waals surface area contributed by atoms with Crippen LogP contribution in [-0.2, 0) is 25.6 Å². The Kier molecular flexibility index (Phi) is 12.0. The zero-order valence-corrected chi connectivity index (χ0v) is 18.7. The summed E-state index contributed by atoms with van der Waals surface area (Å²) in [6.07, 6.45) is 1.58. The van der Waals surface area contributed by atoms with Gasteiger partial charge in [0.1, 0.15) is 12.1 Å². The van der Waals surface area contributed by atoms with Crippen molar-refractivity contribution in [3.05, 3.63) is 35.9 Å². The summed E-state index contributed by atoms with van der Waals surface area (Å²) in [5.41, 5.74) is 12.0. The van der Waals surface area contributed by atoms with E-state index in [2.05, 4.69) is 16.0 Å². The molecule has 32 heavy (non-hydrogen) atoms. The van der Waals surface area contributed by atoms with E-state index in [1.807, 2.05) is 6.07 Å². The third kappa shape index (κ3) is 9.88. The zero-order chi connectivity index (χ0) is 24.1. The van der Waals surface area contributed by atoms with Gasteiger partial charge in [-0.25, -0.2) is 4.79 Å². The van der Waals surface area contributed by atoms with Gasteiger partial charge >= 0.3 is 5.97 Å². The normalized spacial score (nSPS) is 13.7. The van der Waals surface area contributed by atoms with Crippen molar-refractivity contribution < 1.29 is 24.3 Å². The molecular formula is C22H35N5O5. The molecule has 10 nitrogen and oxygen atoms in total. The summed E-state index contributed by atoms with van der Waals surface area (Å²) in [7, 11) is 0. The summed E-state index contributed by atoms with van der Waals surface area (Å²) >= 11 is 0. The van der Waals surface area contributed by atoms with Gasteiger partial charge in [-0.05, 0) is 37.3 Å². The van der Waals surface area contributed by atoms with E-state index < -0.39 is 41.8 Å². The number of nitrogens with one attached hydrogen (secondary N) is 3. The minimum atomic E-state index is -1.16. The molecule has 0 aliphatic carbocycles. The molecule has 0 spiro atoms. The second-order valence-electron chi connectivity index (χ2n) is 7.98. The molecule has 1 aromatic rings. The largest absolute Gasteiger partial charge is 0.480 e. The maximum absolute atomic E-state index is 12.8. The molecule has 10 heteroatoms.